The molecule has 2 aromatic heterocycles. The third kappa shape index (κ3) is 3.74. The molecule has 25 heavy (non-hydrogen) atoms. The average Bonchev–Trinajstić information content (AvgIpc) is 3.19. The number of amides is 1. The summed E-state index contributed by atoms with van der Waals surface area (Å²) in [7, 11) is 2.99. The maximum atomic E-state index is 12.6. The summed E-state index contributed by atoms with van der Waals surface area (Å²) in [6.07, 6.45) is 0. The summed E-state index contributed by atoms with van der Waals surface area (Å²) in [6.45, 7) is 0. The Kier molecular flexibility index (Phi) is 5.48. The highest BCUT2D eigenvalue weighted by Crippen LogP contribution is 2.39. The van der Waals surface area contributed by atoms with Crippen molar-refractivity contribution in [1.82, 2.24) is 4.98 Å². The van der Waals surface area contributed by atoms with E-state index in [-0.39, 0.29) is 5.91 Å². The smallest absolute Gasteiger partial charge is 0.265 e. The van der Waals surface area contributed by atoms with Crippen LogP contribution in [-0.2, 0) is 0 Å². The fraction of sp³-hybridized carbons (Fsp3) is 0.125. The molecular formula is C16H12Cl2N2O3S2. The van der Waals surface area contributed by atoms with Gasteiger partial charge >= 0.3 is 0 Å². The minimum Gasteiger partial charge on any atom is -0.496 e. The van der Waals surface area contributed by atoms with Crippen LogP contribution in [0.3, 0.4) is 0 Å². The summed E-state index contributed by atoms with van der Waals surface area (Å²) >= 11 is 14.7. The van der Waals surface area contributed by atoms with Crippen molar-refractivity contribution in [3.63, 3.8) is 0 Å². The molecule has 9 heteroatoms. The van der Waals surface area contributed by atoms with Gasteiger partial charge in [-0.1, -0.05) is 29.3 Å². The predicted molar refractivity (Wildman–Crippen MR) is 103 cm³/mol. The lowest BCUT2D eigenvalue weighted by atomic mass is 10.1. The second kappa shape index (κ2) is 7.61. The quantitative estimate of drug-likeness (QED) is 0.602. The van der Waals surface area contributed by atoms with Crippen LogP contribution in [0.2, 0.25) is 8.67 Å². The first kappa shape index (κ1) is 18.0. The minimum atomic E-state index is -0.371. The van der Waals surface area contributed by atoms with Crippen LogP contribution in [0.4, 0.5) is 5.13 Å². The van der Waals surface area contributed by atoms with Crippen molar-refractivity contribution in [1.29, 1.82) is 0 Å². The largest absolute Gasteiger partial charge is 0.496 e. The second-order valence-electron chi connectivity index (χ2n) is 4.77. The van der Waals surface area contributed by atoms with E-state index >= 15 is 0 Å². The number of rotatable bonds is 5. The number of benzene rings is 1. The highest BCUT2D eigenvalue weighted by atomic mass is 35.5. The van der Waals surface area contributed by atoms with Crippen molar-refractivity contribution >= 4 is 56.9 Å². The van der Waals surface area contributed by atoms with Gasteiger partial charge in [-0.2, -0.15) is 0 Å². The zero-order chi connectivity index (χ0) is 18.0. The van der Waals surface area contributed by atoms with Crippen molar-refractivity contribution in [2.75, 3.05) is 19.5 Å². The minimum absolute atomic E-state index is 0.306. The van der Waals surface area contributed by atoms with Gasteiger partial charge in [-0.15, -0.1) is 22.7 Å². The van der Waals surface area contributed by atoms with Crippen LogP contribution in [0.1, 0.15) is 10.4 Å². The number of nitrogens with zero attached hydrogens (tertiary/aromatic N) is 1. The van der Waals surface area contributed by atoms with Gasteiger partial charge in [-0.3, -0.25) is 10.1 Å². The molecule has 3 aromatic rings. The standard InChI is InChI=1S/C16H12Cl2N2O3S2/c1-22-10-4-3-5-11(23-2)13(10)15(21)20-16-19-9(7-24-16)8-6-12(17)25-14(8)18/h3-7H,1-2H3,(H,19,20,21). The van der Waals surface area contributed by atoms with Gasteiger partial charge in [0.15, 0.2) is 5.13 Å². The Hall–Kier alpha value is -1.80. The Bertz CT molecular complexity index is 902. The number of nitrogens with one attached hydrogen (secondary N) is 1. The normalized spacial score (nSPS) is 10.6. The van der Waals surface area contributed by atoms with E-state index in [1.165, 1.54) is 36.9 Å². The van der Waals surface area contributed by atoms with Gasteiger partial charge in [-0.05, 0) is 18.2 Å². The van der Waals surface area contributed by atoms with Crippen LogP contribution in [0.15, 0.2) is 29.6 Å². The summed E-state index contributed by atoms with van der Waals surface area (Å²) in [4.78, 5) is 17.0. The Balaban J connectivity index is 1.87. The van der Waals surface area contributed by atoms with Gasteiger partial charge in [0, 0.05) is 10.9 Å². The molecule has 5 nitrogen and oxygen atoms in total. The van der Waals surface area contributed by atoms with E-state index in [9.17, 15) is 4.79 Å². The van der Waals surface area contributed by atoms with Crippen LogP contribution >= 0.6 is 45.9 Å². The zero-order valence-corrected chi connectivity index (χ0v) is 16.3. The third-order valence-electron chi connectivity index (χ3n) is 3.31. The number of anilines is 1. The SMILES string of the molecule is COc1cccc(OC)c1C(=O)Nc1nc(-c2cc(Cl)sc2Cl)cs1. The van der Waals surface area contributed by atoms with E-state index in [0.29, 0.717) is 36.6 Å². The van der Waals surface area contributed by atoms with Gasteiger partial charge < -0.3 is 9.47 Å². The van der Waals surface area contributed by atoms with Crippen molar-refractivity contribution < 1.29 is 14.3 Å². The molecule has 2 heterocycles. The molecular weight excluding hydrogens is 403 g/mol. The summed E-state index contributed by atoms with van der Waals surface area (Å²) in [5.41, 5.74) is 1.70. The zero-order valence-electron chi connectivity index (χ0n) is 13.1. The molecule has 1 amide bonds. The molecule has 0 spiro atoms. The number of carbonyl (C=O) groups excluding carboxylic acids is 1. The molecule has 0 bridgehead atoms. The summed E-state index contributed by atoms with van der Waals surface area (Å²) in [5, 5.41) is 5.00. The average molecular weight is 415 g/mol. The number of ether oxygens (including phenoxy) is 2. The molecule has 0 atom stereocenters. The Labute approximate surface area is 162 Å². The van der Waals surface area contributed by atoms with Crippen molar-refractivity contribution in [3.8, 4) is 22.8 Å². The Morgan fingerprint density at radius 2 is 1.88 bits per heavy atom. The molecule has 130 valence electrons. The van der Waals surface area contributed by atoms with E-state index in [2.05, 4.69) is 10.3 Å². The topological polar surface area (TPSA) is 60.5 Å². The molecule has 1 aromatic carbocycles. The number of hydrogen-bond acceptors (Lipinski definition) is 6. The monoisotopic (exact) mass is 414 g/mol. The highest BCUT2D eigenvalue weighted by Gasteiger charge is 2.20. The van der Waals surface area contributed by atoms with Gasteiger partial charge in [-0.25, -0.2) is 4.98 Å². The van der Waals surface area contributed by atoms with Crippen LogP contribution in [-0.4, -0.2) is 25.1 Å². The number of aromatic nitrogens is 1. The summed E-state index contributed by atoms with van der Waals surface area (Å²) in [6, 6.07) is 6.88. The van der Waals surface area contributed by atoms with Crippen LogP contribution < -0.4 is 14.8 Å². The Morgan fingerprint density at radius 3 is 2.44 bits per heavy atom. The van der Waals surface area contributed by atoms with E-state index in [4.69, 9.17) is 32.7 Å². The third-order valence-corrected chi connectivity index (χ3v) is 5.56. The first-order valence-corrected chi connectivity index (χ1v) is 9.41. The van der Waals surface area contributed by atoms with Gasteiger partial charge in [0.1, 0.15) is 21.4 Å². The van der Waals surface area contributed by atoms with Crippen molar-refractivity contribution in [2.24, 2.45) is 0 Å². The van der Waals surface area contributed by atoms with Crippen LogP contribution in [0, 0.1) is 0 Å². The number of carbonyl (C=O) groups is 1. The summed E-state index contributed by atoms with van der Waals surface area (Å²) < 4.78 is 11.6. The number of halogens is 2. The van der Waals surface area contributed by atoms with Crippen molar-refractivity contribution in [3.05, 3.63) is 43.9 Å². The number of thiazole rings is 1. The molecule has 0 saturated carbocycles. The predicted octanol–water partition coefficient (Wildman–Crippen LogP) is 5.45. The first-order chi connectivity index (χ1) is 12.0. The van der Waals surface area contributed by atoms with Crippen molar-refractivity contribution in [2.45, 2.75) is 0 Å². The molecule has 0 aliphatic carbocycles. The fourth-order valence-corrected chi connectivity index (χ4v) is 4.39. The Morgan fingerprint density at radius 1 is 1.20 bits per heavy atom. The molecule has 0 aliphatic rings. The first-order valence-electron chi connectivity index (χ1n) is 6.96. The van der Waals surface area contributed by atoms with E-state index in [1.54, 1.807) is 29.6 Å². The number of thiophene rings is 1. The van der Waals surface area contributed by atoms with E-state index in [0.717, 1.165) is 5.56 Å². The van der Waals surface area contributed by atoms with Gasteiger partial charge in [0.05, 0.1) is 24.2 Å². The number of methoxy groups -OCH3 is 2. The van der Waals surface area contributed by atoms with E-state index < -0.39 is 0 Å². The van der Waals surface area contributed by atoms with Gasteiger partial charge in [0.2, 0.25) is 0 Å². The van der Waals surface area contributed by atoms with Crippen LogP contribution in [0.5, 0.6) is 11.5 Å². The highest BCUT2D eigenvalue weighted by molar-refractivity contribution is 7.20. The summed E-state index contributed by atoms with van der Waals surface area (Å²) in [5.74, 6) is 0.465. The lowest BCUT2D eigenvalue weighted by Gasteiger charge is -2.11. The fourth-order valence-electron chi connectivity index (χ4n) is 2.20. The molecule has 0 aliphatic heterocycles. The van der Waals surface area contributed by atoms with Crippen LogP contribution in [0.25, 0.3) is 11.3 Å². The number of hydrogen-bond donors (Lipinski definition) is 1. The molecule has 0 fully saturated rings. The maximum Gasteiger partial charge on any atom is 0.265 e. The molecule has 1 N–H and O–H groups in total. The van der Waals surface area contributed by atoms with Gasteiger partial charge in [0.25, 0.3) is 5.91 Å². The molecule has 3 rings (SSSR count). The second-order valence-corrected chi connectivity index (χ2v) is 7.91. The maximum absolute atomic E-state index is 12.6. The molecule has 0 unspecified atom stereocenters. The molecule has 0 radical (unpaired) electrons. The lowest BCUT2D eigenvalue weighted by molar-refractivity contribution is 0.102. The lowest BCUT2D eigenvalue weighted by Crippen LogP contribution is -2.14. The van der Waals surface area contributed by atoms with E-state index in [1.807, 2.05) is 0 Å². The molecule has 0 saturated heterocycles.